The second-order valence-corrected chi connectivity index (χ2v) is 7.07. The van der Waals surface area contributed by atoms with Crippen LogP contribution in [0.3, 0.4) is 0 Å². The van der Waals surface area contributed by atoms with Crippen LogP contribution in [0.1, 0.15) is 29.7 Å². The molecule has 0 radical (unpaired) electrons. The second-order valence-electron chi connectivity index (χ2n) is 7.07. The SMILES string of the molecule is Cc1nc(-c2ccc(CN(C)CC3CCOCC3)cc2)[nH]c(=O)c1C. The molecule has 1 N–H and O–H groups in total. The molecule has 25 heavy (non-hydrogen) atoms. The van der Waals surface area contributed by atoms with Crippen LogP contribution in [0.5, 0.6) is 0 Å². The maximum absolute atomic E-state index is 11.9. The molecule has 1 saturated heterocycles. The first-order valence-corrected chi connectivity index (χ1v) is 8.96. The Morgan fingerprint density at radius 2 is 1.88 bits per heavy atom. The van der Waals surface area contributed by atoms with Gasteiger partial charge in [0.2, 0.25) is 0 Å². The number of aromatic nitrogens is 2. The number of nitrogens with zero attached hydrogens (tertiary/aromatic N) is 2. The molecule has 0 spiro atoms. The van der Waals surface area contributed by atoms with Gasteiger partial charge in [0.05, 0.1) is 0 Å². The van der Waals surface area contributed by atoms with E-state index in [-0.39, 0.29) is 5.56 Å². The Labute approximate surface area is 149 Å². The molecule has 3 rings (SSSR count). The molecule has 1 aliphatic heterocycles. The van der Waals surface area contributed by atoms with Crippen molar-refractivity contribution in [1.29, 1.82) is 0 Å². The lowest BCUT2D eigenvalue weighted by Crippen LogP contribution is -2.29. The van der Waals surface area contributed by atoms with Gasteiger partial charge in [0.15, 0.2) is 0 Å². The standard InChI is InChI=1S/C20H27N3O2/c1-14-15(2)21-19(22-20(14)24)18-6-4-16(5-7-18)12-23(3)13-17-8-10-25-11-9-17/h4-7,17H,8-13H2,1-3H3,(H,21,22,24). The fourth-order valence-corrected chi connectivity index (χ4v) is 3.30. The first-order chi connectivity index (χ1) is 12.0. The maximum atomic E-state index is 11.9. The highest BCUT2D eigenvalue weighted by molar-refractivity contribution is 5.55. The Kier molecular flexibility index (Phi) is 5.66. The average molecular weight is 341 g/mol. The molecule has 2 heterocycles. The van der Waals surface area contributed by atoms with Crippen molar-refractivity contribution in [3.63, 3.8) is 0 Å². The minimum absolute atomic E-state index is 0.0669. The van der Waals surface area contributed by atoms with Gasteiger partial charge < -0.3 is 14.6 Å². The monoisotopic (exact) mass is 341 g/mol. The number of ether oxygens (including phenoxy) is 1. The van der Waals surface area contributed by atoms with Gasteiger partial charge in [-0.1, -0.05) is 24.3 Å². The molecule has 0 saturated carbocycles. The third-order valence-corrected chi connectivity index (χ3v) is 4.99. The molecule has 5 heteroatoms. The van der Waals surface area contributed by atoms with E-state index in [2.05, 4.69) is 34.0 Å². The van der Waals surface area contributed by atoms with Crippen molar-refractivity contribution in [2.45, 2.75) is 33.2 Å². The molecule has 0 aliphatic carbocycles. The number of rotatable bonds is 5. The minimum Gasteiger partial charge on any atom is -0.381 e. The van der Waals surface area contributed by atoms with Gasteiger partial charge in [0.25, 0.3) is 5.56 Å². The number of aryl methyl sites for hydroxylation is 1. The van der Waals surface area contributed by atoms with Crippen molar-refractivity contribution >= 4 is 0 Å². The van der Waals surface area contributed by atoms with Crippen molar-refractivity contribution in [1.82, 2.24) is 14.9 Å². The average Bonchev–Trinajstić information content (AvgIpc) is 2.60. The quantitative estimate of drug-likeness (QED) is 0.908. The predicted octanol–water partition coefficient (Wildman–Crippen LogP) is 2.91. The number of nitrogens with one attached hydrogen (secondary N) is 1. The summed E-state index contributed by atoms with van der Waals surface area (Å²) in [7, 11) is 2.17. The fraction of sp³-hybridized carbons (Fsp3) is 0.500. The summed E-state index contributed by atoms with van der Waals surface area (Å²) in [5.74, 6) is 1.37. The molecule has 0 bridgehead atoms. The van der Waals surface area contributed by atoms with Gasteiger partial charge in [-0.2, -0.15) is 0 Å². The molecular formula is C20H27N3O2. The summed E-state index contributed by atoms with van der Waals surface area (Å²) in [6.45, 7) is 7.49. The van der Waals surface area contributed by atoms with E-state index < -0.39 is 0 Å². The summed E-state index contributed by atoms with van der Waals surface area (Å²) in [4.78, 5) is 21.7. The van der Waals surface area contributed by atoms with Gasteiger partial charge in [0.1, 0.15) is 5.82 Å². The number of H-pyrrole nitrogens is 1. The number of hydrogen-bond acceptors (Lipinski definition) is 4. The molecule has 2 aromatic rings. The predicted molar refractivity (Wildman–Crippen MR) is 99.6 cm³/mol. The van der Waals surface area contributed by atoms with E-state index in [0.29, 0.717) is 11.4 Å². The van der Waals surface area contributed by atoms with E-state index in [9.17, 15) is 4.79 Å². The van der Waals surface area contributed by atoms with Crippen molar-refractivity contribution in [2.24, 2.45) is 5.92 Å². The Morgan fingerprint density at radius 1 is 1.20 bits per heavy atom. The van der Waals surface area contributed by atoms with E-state index in [1.807, 2.05) is 19.1 Å². The molecule has 1 fully saturated rings. The molecule has 134 valence electrons. The fourth-order valence-electron chi connectivity index (χ4n) is 3.30. The third-order valence-electron chi connectivity index (χ3n) is 4.99. The zero-order chi connectivity index (χ0) is 17.8. The molecule has 0 atom stereocenters. The Hall–Kier alpha value is -1.98. The first-order valence-electron chi connectivity index (χ1n) is 8.96. The van der Waals surface area contributed by atoms with Gasteiger partial charge in [-0.25, -0.2) is 4.98 Å². The van der Waals surface area contributed by atoms with Crippen molar-refractivity contribution in [2.75, 3.05) is 26.8 Å². The van der Waals surface area contributed by atoms with Crippen LogP contribution in [-0.2, 0) is 11.3 Å². The summed E-state index contributed by atoms with van der Waals surface area (Å²) in [6.07, 6.45) is 2.32. The third kappa shape index (κ3) is 4.55. The van der Waals surface area contributed by atoms with E-state index in [4.69, 9.17) is 4.74 Å². The zero-order valence-corrected chi connectivity index (χ0v) is 15.3. The van der Waals surface area contributed by atoms with Gasteiger partial charge in [-0.15, -0.1) is 0 Å². The topological polar surface area (TPSA) is 58.2 Å². The van der Waals surface area contributed by atoms with Gasteiger partial charge in [-0.3, -0.25) is 4.79 Å². The molecule has 0 amide bonds. The summed E-state index contributed by atoms with van der Waals surface area (Å²) in [5.41, 5.74) is 3.59. The van der Waals surface area contributed by atoms with E-state index in [1.54, 1.807) is 6.92 Å². The van der Waals surface area contributed by atoms with Crippen LogP contribution in [0.4, 0.5) is 0 Å². The highest BCUT2D eigenvalue weighted by Crippen LogP contribution is 2.19. The summed E-state index contributed by atoms with van der Waals surface area (Å²) < 4.78 is 5.43. The highest BCUT2D eigenvalue weighted by atomic mass is 16.5. The second kappa shape index (κ2) is 7.93. The largest absolute Gasteiger partial charge is 0.381 e. The molecule has 1 aromatic carbocycles. The first kappa shape index (κ1) is 17.8. The summed E-state index contributed by atoms with van der Waals surface area (Å²) in [6, 6.07) is 8.30. The van der Waals surface area contributed by atoms with E-state index in [0.717, 1.165) is 56.3 Å². The van der Waals surface area contributed by atoms with Crippen LogP contribution in [0, 0.1) is 19.8 Å². The minimum atomic E-state index is -0.0669. The Balaban J connectivity index is 1.64. The number of benzene rings is 1. The van der Waals surface area contributed by atoms with Crippen LogP contribution in [-0.4, -0.2) is 41.7 Å². The van der Waals surface area contributed by atoms with Gasteiger partial charge in [0, 0.05) is 43.1 Å². The van der Waals surface area contributed by atoms with Gasteiger partial charge in [-0.05, 0) is 45.2 Å². The van der Waals surface area contributed by atoms with Crippen molar-refractivity contribution < 1.29 is 4.74 Å². The lowest BCUT2D eigenvalue weighted by molar-refractivity contribution is 0.0549. The Morgan fingerprint density at radius 3 is 2.52 bits per heavy atom. The Bertz CT molecular complexity index is 762. The number of hydrogen-bond donors (Lipinski definition) is 1. The normalized spacial score (nSPS) is 15.7. The lowest BCUT2D eigenvalue weighted by Gasteiger charge is -2.27. The van der Waals surface area contributed by atoms with Crippen LogP contribution in [0.25, 0.3) is 11.4 Å². The van der Waals surface area contributed by atoms with Crippen LogP contribution < -0.4 is 5.56 Å². The van der Waals surface area contributed by atoms with Crippen LogP contribution >= 0.6 is 0 Å². The van der Waals surface area contributed by atoms with Crippen LogP contribution in [0.15, 0.2) is 29.1 Å². The highest BCUT2D eigenvalue weighted by Gasteiger charge is 2.15. The molecule has 1 aromatic heterocycles. The molecular weight excluding hydrogens is 314 g/mol. The molecule has 5 nitrogen and oxygen atoms in total. The molecule has 1 aliphatic rings. The smallest absolute Gasteiger partial charge is 0.254 e. The zero-order valence-electron chi connectivity index (χ0n) is 15.3. The molecule has 0 unspecified atom stereocenters. The van der Waals surface area contributed by atoms with E-state index in [1.165, 1.54) is 5.56 Å². The maximum Gasteiger partial charge on any atom is 0.254 e. The van der Waals surface area contributed by atoms with Crippen molar-refractivity contribution in [3.05, 3.63) is 51.4 Å². The van der Waals surface area contributed by atoms with Crippen LogP contribution in [0.2, 0.25) is 0 Å². The number of aromatic amines is 1. The van der Waals surface area contributed by atoms with Crippen molar-refractivity contribution in [3.8, 4) is 11.4 Å². The summed E-state index contributed by atoms with van der Waals surface area (Å²) >= 11 is 0. The van der Waals surface area contributed by atoms with Gasteiger partial charge >= 0.3 is 0 Å². The lowest BCUT2D eigenvalue weighted by atomic mass is 9.99. The summed E-state index contributed by atoms with van der Waals surface area (Å²) in [5, 5.41) is 0. The van der Waals surface area contributed by atoms with E-state index >= 15 is 0 Å².